The normalized spacial score (nSPS) is 11.8. The van der Waals surface area contributed by atoms with E-state index in [1.165, 1.54) is 12.1 Å². The van der Waals surface area contributed by atoms with Crippen molar-refractivity contribution in [2.24, 2.45) is 4.99 Å². The molecular formula is C19H25ClN4O4S. The highest BCUT2D eigenvalue weighted by atomic mass is 35.5. The predicted octanol–water partition coefficient (Wildman–Crippen LogP) is 2.71. The summed E-state index contributed by atoms with van der Waals surface area (Å²) in [6.45, 7) is 2.90. The van der Waals surface area contributed by atoms with Crippen molar-refractivity contribution in [2.45, 2.75) is 11.8 Å². The lowest BCUT2D eigenvalue weighted by atomic mass is 10.2. The van der Waals surface area contributed by atoms with E-state index in [0.717, 1.165) is 5.69 Å². The van der Waals surface area contributed by atoms with Crippen LogP contribution < -0.4 is 24.8 Å². The van der Waals surface area contributed by atoms with Crippen LogP contribution in [0.1, 0.15) is 6.92 Å². The van der Waals surface area contributed by atoms with E-state index in [2.05, 4.69) is 20.3 Å². The van der Waals surface area contributed by atoms with Gasteiger partial charge in [-0.15, -0.1) is 0 Å². The lowest BCUT2D eigenvalue weighted by molar-refractivity contribution is 0.311. The molecule has 0 aliphatic rings. The molecule has 0 radical (unpaired) electrons. The summed E-state index contributed by atoms with van der Waals surface area (Å²) in [5.74, 6) is 1.74. The van der Waals surface area contributed by atoms with Crippen LogP contribution in [0.2, 0.25) is 5.02 Å². The minimum Gasteiger partial charge on any atom is -0.493 e. The molecule has 0 saturated carbocycles. The second-order valence-corrected chi connectivity index (χ2v) is 7.98. The number of nitrogens with zero attached hydrogens (tertiary/aromatic N) is 1. The Morgan fingerprint density at radius 2 is 1.93 bits per heavy atom. The van der Waals surface area contributed by atoms with Crippen molar-refractivity contribution in [2.75, 3.05) is 39.2 Å². The van der Waals surface area contributed by atoms with Gasteiger partial charge in [-0.3, -0.25) is 4.99 Å². The molecule has 0 unspecified atom stereocenters. The number of aliphatic imine (C=N–C) groups is 1. The summed E-state index contributed by atoms with van der Waals surface area (Å²) in [7, 11) is -0.428. The highest BCUT2D eigenvalue weighted by Crippen LogP contribution is 2.30. The molecule has 0 aliphatic carbocycles. The zero-order chi connectivity index (χ0) is 21.3. The smallest absolute Gasteiger partial charge is 0.240 e. The molecule has 10 heteroatoms. The summed E-state index contributed by atoms with van der Waals surface area (Å²) < 4.78 is 37.9. The van der Waals surface area contributed by atoms with Gasteiger partial charge in [0.2, 0.25) is 10.0 Å². The van der Waals surface area contributed by atoms with Gasteiger partial charge in [0.05, 0.1) is 18.6 Å². The Balaban J connectivity index is 1.90. The molecular weight excluding hydrogens is 416 g/mol. The van der Waals surface area contributed by atoms with Crippen LogP contribution in [0.4, 0.5) is 5.69 Å². The highest BCUT2D eigenvalue weighted by molar-refractivity contribution is 7.89. The van der Waals surface area contributed by atoms with E-state index in [0.29, 0.717) is 35.6 Å². The van der Waals surface area contributed by atoms with Gasteiger partial charge in [-0.05, 0) is 37.3 Å². The summed E-state index contributed by atoms with van der Waals surface area (Å²) >= 11 is 5.85. The zero-order valence-electron chi connectivity index (χ0n) is 16.5. The number of guanidine groups is 1. The third-order valence-corrected chi connectivity index (χ3v) is 5.46. The van der Waals surface area contributed by atoms with Crippen LogP contribution in [0.5, 0.6) is 11.5 Å². The fraction of sp³-hybridized carbons (Fsp3) is 0.316. The Hall–Kier alpha value is -2.49. The fourth-order valence-electron chi connectivity index (χ4n) is 2.42. The van der Waals surface area contributed by atoms with Gasteiger partial charge in [0.15, 0.2) is 17.5 Å². The molecule has 0 amide bonds. The fourth-order valence-corrected chi connectivity index (χ4v) is 3.75. The van der Waals surface area contributed by atoms with Crippen LogP contribution in [0, 0.1) is 0 Å². The van der Waals surface area contributed by atoms with Gasteiger partial charge in [-0.25, -0.2) is 13.1 Å². The van der Waals surface area contributed by atoms with E-state index >= 15 is 0 Å². The first-order chi connectivity index (χ1) is 13.9. The first kappa shape index (κ1) is 22.8. The summed E-state index contributed by atoms with van der Waals surface area (Å²) in [4.78, 5) is 4.25. The molecule has 3 N–H and O–H groups in total. The number of nitrogens with one attached hydrogen (secondary N) is 3. The van der Waals surface area contributed by atoms with Crippen molar-refractivity contribution in [3.05, 3.63) is 47.5 Å². The molecule has 8 nitrogen and oxygen atoms in total. The van der Waals surface area contributed by atoms with E-state index in [1.54, 1.807) is 38.4 Å². The Kier molecular flexibility index (Phi) is 8.56. The van der Waals surface area contributed by atoms with Crippen molar-refractivity contribution < 1.29 is 17.9 Å². The molecule has 2 aromatic rings. The van der Waals surface area contributed by atoms with Gasteiger partial charge in [-0.1, -0.05) is 17.7 Å². The Bertz CT molecular complexity index is 951. The summed E-state index contributed by atoms with van der Waals surface area (Å²) in [5.41, 5.74) is 0.752. The molecule has 0 bridgehead atoms. The van der Waals surface area contributed by atoms with Crippen molar-refractivity contribution in [3.8, 4) is 11.5 Å². The van der Waals surface area contributed by atoms with Crippen LogP contribution in [0.25, 0.3) is 0 Å². The summed E-state index contributed by atoms with van der Waals surface area (Å²) in [5, 5.41) is 6.53. The van der Waals surface area contributed by atoms with Gasteiger partial charge in [0.1, 0.15) is 0 Å². The van der Waals surface area contributed by atoms with E-state index in [-0.39, 0.29) is 11.4 Å². The second kappa shape index (κ2) is 10.9. The number of rotatable bonds is 9. The largest absolute Gasteiger partial charge is 0.493 e. The van der Waals surface area contributed by atoms with E-state index < -0.39 is 10.0 Å². The Labute approximate surface area is 176 Å². The molecule has 0 fully saturated rings. The van der Waals surface area contributed by atoms with Gasteiger partial charge < -0.3 is 20.1 Å². The first-order valence-corrected chi connectivity index (χ1v) is 10.8. The first-order valence-electron chi connectivity index (χ1n) is 8.93. The van der Waals surface area contributed by atoms with Gasteiger partial charge in [0, 0.05) is 36.9 Å². The second-order valence-electron chi connectivity index (χ2n) is 5.78. The third kappa shape index (κ3) is 6.81. The topological polar surface area (TPSA) is 101 Å². The minimum atomic E-state index is -3.63. The lowest BCUT2D eigenvalue weighted by Crippen LogP contribution is -2.37. The van der Waals surface area contributed by atoms with Crippen LogP contribution in [0.3, 0.4) is 0 Å². The molecule has 29 heavy (non-hydrogen) atoms. The van der Waals surface area contributed by atoms with Crippen LogP contribution in [-0.4, -0.2) is 48.2 Å². The van der Waals surface area contributed by atoms with Crippen LogP contribution in [-0.2, 0) is 10.0 Å². The maximum absolute atomic E-state index is 12.3. The Morgan fingerprint density at radius 3 is 2.59 bits per heavy atom. The van der Waals surface area contributed by atoms with E-state index in [9.17, 15) is 8.42 Å². The average Bonchev–Trinajstić information content (AvgIpc) is 2.70. The van der Waals surface area contributed by atoms with E-state index in [4.69, 9.17) is 21.1 Å². The van der Waals surface area contributed by atoms with Crippen molar-refractivity contribution in [1.82, 2.24) is 10.0 Å². The summed E-state index contributed by atoms with van der Waals surface area (Å²) in [6.07, 6.45) is 0. The number of ether oxygens (including phenoxy) is 2. The molecule has 0 spiro atoms. The molecule has 2 rings (SSSR count). The summed E-state index contributed by atoms with van der Waals surface area (Å²) in [6, 6.07) is 11.5. The zero-order valence-corrected chi connectivity index (χ0v) is 18.1. The molecule has 0 aromatic heterocycles. The van der Waals surface area contributed by atoms with Gasteiger partial charge in [-0.2, -0.15) is 0 Å². The average molecular weight is 441 g/mol. The number of benzene rings is 2. The molecule has 0 saturated heterocycles. The Morgan fingerprint density at radius 1 is 1.14 bits per heavy atom. The number of hydrogen-bond acceptors (Lipinski definition) is 5. The molecule has 0 heterocycles. The minimum absolute atomic E-state index is 0.120. The van der Waals surface area contributed by atoms with Crippen molar-refractivity contribution in [1.29, 1.82) is 0 Å². The number of sulfonamides is 1. The number of methoxy groups -OCH3 is 1. The number of anilines is 1. The third-order valence-electron chi connectivity index (χ3n) is 3.77. The van der Waals surface area contributed by atoms with Crippen LogP contribution >= 0.6 is 11.6 Å². The van der Waals surface area contributed by atoms with Crippen molar-refractivity contribution >= 4 is 33.3 Å². The quantitative estimate of drug-likeness (QED) is 0.315. The molecule has 0 aliphatic heterocycles. The molecule has 158 valence electrons. The number of hydrogen-bond donors (Lipinski definition) is 3. The maximum atomic E-state index is 12.3. The lowest BCUT2D eigenvalue weighted by Gasteiger charge is -2.15. The monoisotopic (exact) mass is 440 g/mol. The SMILES string of the molecule is CCOc1cc(NC(=NC)NCCNS(=O)(=O)c2cccc(Cl)c2)ccc1OC. The van der Waals surface area contributed by atoms with Gasteiger partial charge in [0.25, 0.3) is 0 Å². The molecule has 2 aromatic carbocycles. The standard InChI is InChI=1S/C19H25ClN4O4S/c1-4-28-18-13-15(8-9-17(18)27-3)24-19(21-2)22-10-11-23-29(25,26)16-7-5-6-14(20)12-16/h5-9,12-13,23H,4,10-11H2,1-3H3,(H2,21,22,24). The molecule has 0 atom stereocenters. The van der Waals surface area contributed by atoms with Crippen molar-refractivity contribution in [3.63, 3.8) is 0 Å². The highest BCUT2D eigenvalue weighted by Gasteiger charge is 2.13. The van der Waals surface area contributed by atoms with Crippen LogP contribution in [0.15, 0.2) is 52.4 Å². The number of halogens is 1. The maximum Gasteiger partial charge on any atom is 0.240 e. The van der Waals surface area contributed by atoms with E-state index in [1.807, 2.05) is 13.0 Å². The van der Waals surface area contributed by atoms with Gasteiger partial charge >= 0.3 is 0 Å². The predicted molar refractivity (Wildman–Crippen MR) is 116 cm³/mol.